The summed E-state index contributed by atoms with van der Waals surface area (Å²) in [5, 5.41) is 9.47. The number of phenolic OH excluding ortho intramolecular Hbond substituents is 1. The minimum absolute atomic E-state index is 0.112. The third-order valence-electron chi connectivity index (χ3n) is 1.94. The maximum atomic E-state index is 11.3. The van der Waals surface area contributed by atoms with Gasteiger partial charge in [-0.05, 0) is 12.1 Å². The van der Waals surface area contributed by atoms with E-state index in [-0.39, 0.29) is 23.9 Å². The number of fused-ring (bicyclic) bond motifs is 1. The second kappa shape index (κ2) is 3.06. The molecule has 0 saturated carbocycles. The molecule has 1 N–H and O–H groups in total. The first-order chi connectivity index (χ1) is 6.72. The molecule has 1 aromatic carbocycles. The fraction of sp³-hybridized carbons (Fsp3) is 0.100. The first-order valence-electron chi connectivity index (χ1n) is 4.01. The molecule has 1 aliphatic heterocycles. The summed E-state index contributed by atoms with van der Waals surface area (Å²) < 4.78 is 10.1. The standard InChI is InChI=1S/C10H8O4/c1-2-7(11)6-3-9-10(4-8(6)12)14-5-13-9/h2-4,12H,1,5H2. The Labute approximate surface area is 80.4 Å². The predicted molar refractivity (Wildman–Crippen MR) is 48.8 cm³/mol. The monoisotopic (exact) mass is 192 g/mol. The second-order valence-corrected chi connectivity index (χ2v) is 2.79. The SMILES string of the molecule is C=CC(=O)c1cc2c(cc1O)OCO2. The van der Waals surface area contributed by atoms with Crippen LogP contribution in [0.5, 0.6) is 17.2 Å². The van der Waals surface area contributed by atoms with Crippen molar-refractivity contribution in [2.75, 3.05) is 6.79 Å². The minimum atomic E-state index is -0.346. The van der Waals surface area contributed by atoms with Gasteiger partial charge in [-0.3, -0.25) is 4.79 Å². The number of allylic oxidation sites excluding steroid dienone is 1. The van der Waals surface area contributed by atoms with E-state index >= 15 is 0 Å². The quantitative estimate of drug-likeness (QED) is 0.569. The minimum Gasteiger partial charge on any atom is -0.507 e. The molecule has 0 atom stereocenters. The first-order valence-corrected chi connectivity index (χ1v) is 4.01. The highest BCUT2D eigenvalue weighted by molar-refractivity contribution is 6.06. The fourth-order valence-corrected chi connectivity index (χ4v) is 1.24. The molecule has 1 heterocycles. The van der Waals surface area contributed by atoms with Gasteiger partial charge in [-0.25, -0.2) is 0 Å². The lowest BCUT2D eigenvalue weighted by Crippen LogP contribution is -1.94. The fourth-order valence-electron chi connectivity index (χ4n) is 1.24. The number of aromatic hydroxyl groups is 1. The zero-order valence-electron chi connectivity index (χ0n) is 7.32. The molecule has 0 fully saturated rings. The summed E-state index contributed by atoms with van der Waals surface area (Å²) in [4.78, 5) is 11.3. The molecule has 2 rings (SSSR count). The van der Waals surface area contributed by atoms with E-state index in [9.17, 15) is 9.90 Å². The highest BCUT2D eigenvalue weighted by atomic mass is 16.7. The lowest BCUT2D eigenvalue weighted by molar-refractivity contribution is 0.104. The summed E-state index contributed by atoms with van der Waals surface area (Å²) in [6.45, 7) is 3.45. The number of carbonyl (C=O) groups excluding carboxylic acids is 1. The number of phenols is 1. The van der Waals surface area contributed by atoms with Crippen LogP contribution in [0.15, 0.2) is 24.8 Å². The van der Waals surface area contributed by atoms with Crippen LogP contribution in [0.2, 0.25) is 0 Å². The van der Waals surface area contributed by atoms with Gasteiger partial charge in [0.1, 0.15) is 5.75 Å². The Kier molecular flexibility index (Phi) is 1.89. The van der Waals surface area contributed by atoms with Crippen LogP contribution in [-0.4, -0.2) is 17.7 Å². The van der Waals surface area contributed by atoms with E-state index in [1.165, 1.54) is 12.1 Å². The summed E-state index contributed by atoms with van der Waals surface area (Å²) in [5.74, 6) is 0.441. The van der Waals surface area contributed by atoms with E-state index < -0.39 is 0 Å². The largest absolute Gasteiger partial charge is 0.507 e. The highest BCUT2D eigenvalue weighted by Crippen LogP contribution is 2.37. The summed E-state index contributed by atoms with van der Waals surface area (Å²) in [6, 6.07) is 2.81. The third kappa shape index (κ3) is 1.21. The van der Waals surface area contributed by atoms with Crippen molar-refractivity contribution in [3.05, 3.63) is 30.4 Å². The normalized spacial score (nSPS) is 12.6. The van der Waals surface area contributed by atoms with Crippen molar-refractivity contribution in [1.82, 2.24) is 0 Å². The molecule has 0 bridgehead atoms. The smallest absolute Gasteiger partial charge is 0.231 e. The van der Waals surface area contributed by atoms with Gasteiger partial charge in [-0.15, -0.1) is 0 Å². The van der Waals surface area contributed by atoms with Crippen molar-refractivity contribution >= 4 is 5.78 Å². The number of ketones is 1. The van der Waals surface area contributed by atoms with Gasteiger partial charge in [0, 0.05) is 6.07 Å². The maximum absolute atomic E-state index is 11.3. The average molecular weight is 192 g/mol. The van der Waals surface area contributed by atoms with Crippen LogP contribution < -0.4 is 9.47 Å². The Morgan fingerprint density at radius 1 is 1.43 bits per heavy atom. The molecule has 0 radical (unpaired) electrons. The van der Waals surface area contributed by atoms with Crippen molar-refractivity contribution in [2.45, 2.75) is 0 Å². The van der Waals surface area contributed by atoms with Gasteiger partial charge < -0.3 is 14.6 Å². The molecule has 0 unspecified atom stereocenters. The van der Waals surface area contributed by atoms with Crippen molar-refractivity contribution in [3.63, 3.8) is 0 Å². The summed E-state index contributed by atoms with van der Waals surface area (Å²) in [6.07, 6.45) is 1.14. The van der Waals surface area contributed by atoms with E-state index in [4.69, 9.17) is 9.47 Å². The molecule has 4 heteroatoms. The van der Waals surface area contributed by atoms with E-state index in [0.717, 1.165) is 6.08 Å². The molecule has 1 aliphatic rings. The van der Waals surface area contributed by atoms with Crippen LogP contribution in [0, 0.1) is 0 Å². The van der Waals surface area contributed by atoms with E-state index in [0.29, 0.717) is 11.5 Å². The zero-order valence-corrected chi connectivity index (χ0v) is 7.32. The van der Waals surface area contributed by atoms with E-state index in [1.54, 1.807) is 0 Å². The number of hydrogen-bond donors (Lipinski definition) is 1. The Morgan fingerprint density at radius 3 is 2.71 bits per heavy atom. The van der Waals surface area contributed by atoms with Crippen LogP contribution in [0.1, 0.15) is 10.4 Å². The highest BCUT2D eigenvalue weighted by Gasteiger charge is 2.19. The van der Waals surface area contributed by atoms with Crippen LogP contribution in [0.25, 0.3) is 0 Å². The summed E-state index contributed by atoms with van der Waals surface area (Å²) in [7, 11) is 0. The molecule has 1 aromatic rings. The number of carbonyl (C=O) groups is 1. The third-order valence-corrected chi connectivity index (χ3v) is 1.94. The topological polar surface area (TPSA) is 55.8 Å². The van der Waals surface area contributed by atoms with Crippen molar-refractivity contribution in [2.24, 2.45) is 0 Å². The molecular weight excluding hydrogens is 184 g/mol. The molecule has 72 valence electrons. The number of hydrogen-bond acceptors (Lipinski definition) is 4. The lowest BCUT2D eigenvalue weighted by Gasteiger charge is -2.02. The van der Waals surface area contributed by atoms with E-state index in [2.05, 4.69) is 6.58 Å². The van der Waals surface area contributed by atoms with E-state index in [1.807, 2.05) is 0 Å². The average Bonchev–Trinajstić information content (AvgIpc) is 2.62. The molecule has 0 aromatic heterocycles. The van der Waals surface area contributed by atoms with Crippen LogP contribution in [-0.2, 0) is 0 Å². The van der Waals surface area contributed by atoms with Crippen LogP contribution in [0.3, 0.4) is 0 Å². The van der Waals surface area contributed by atoms with Crippen LogP contribution >= 0.6 is 0 Å². The van der Waals surface area contributed by atoms with Crippen molar-refractivity contribution in [1.29, 1.82) is 0 Å². The number of rotatable bonds is 2. The predicted octanol–water partition coefficient (Wildman–Crippen LogP) is 1.49. The Hall–Kier alpha value is -1.97. The maximum Gasteiger partial charge on any atom is 0.231 e. The Bertz CT molecular complexity index is 409. The molecule has 0 amide bonds. The van der Waals surface area contributed by atoms with Gasteiger partial charge in [0.2, 0.25) is 6.79 Å². The zero-order chi connectivity index (χ0) is 10.1. The van der Waals surface area contributed by atoms with Gasteiger partial charge >= 0.3 is 0 Å². The Morgan fingerprint density at radius 2 is 2.07 bits per heavy atom. The van der Waals surface area contributed by atoms with Gasteiger partial charge in [-0.2, -0.15) is 0 Å². The van der Waals surface area contributed by atoms with Crippen LogP contribution in [0.4, 0.5) is 0 Å². The van der Waals surface area contributed by atoms with Gasteiger partial charge in [0.15, 0.2) is 17.3 Å². The van der Waals surface area contributed by atoms with Crippen molar-refractivity contribution < 1.29 is 19.4 Å². The summed E-state index contributed by atoms with van der Waals surface area (Å²) >= 11 is 0. The number of benzene rings is 1. The molecule has 0 aliphatic carbocycles. The molecule has 4 nitrogen and oxygen atoms in total. The first kappa shape index (κ1) is 8.62. The molecule has 0 spiro atoms. The lowest BCUT2D eigenvalue weighted by atomic mass is 10.1. The molecule has 0 saturated heterocycles. The van der Waals surface area contributed by atoms with Gasteiger partial charge in [0.05, 0.1) is 5.56 Å². The van der Waals surface area contributed by atoms with Gasteiger partial charge in [-0.1, -0.05) is 6.58 Å². The summed E-state index contributed by atoms with van der Waals surface area (Å²) in [5.41, 5.74) is 0.171. The van der Waals surface area contributed by atoms with Crippen molar-refractivity contribution in [3.8, 4) is 17.2 Å². The second-order valence-electron chi connectivity index (χ2n) is 2.79. The van der Waals surface area contributed by atoms with Gasteiger partial charge in [0.25, 0.3) is 0 Å². The molecular formula is C10H8O4. The number of ether oxygens (including phenoxy) is 2. The Balaban J connectivity index is 2.52. The molecule has 14 heavy (non-hydrogen) atoms.